The molecule has 0 aromatic heterocycles. The van der Waals surface area contributed by atoms with Crippen LogP contribution in [0.2, 0.25) is 0 Å². The van der Waals surface area contributed by atoms with Crippen LogP contribution in [0.5, 0.6) is 0 Å². The molecular formula is C15H23N3O. The van der Waals surface area contributed by atoms with Gasteiger partial charge in [0.15, 0.2) is 0 Å². The van der Waals surface area contributed by atoms with Crippen LogP contribution in [0.4, 0.5) is 11.4 Å². The number of rotatable bonds is 2. The largest absolute Gasteiger partial charge is 0.373 e. The number of para-hydroxylation sites is 2. The highest BCUT2D eigenvalue weighted by Gasteiger charge is 2.28. The topological polar surface area (TPSA) is 49.6 Å². The number of carbonyl (C=O) groups is 1. The van der Waals surface area contributed by atoms with Crippen molar-refractivity contribution in [1.29, 1.82) is 0 Å². The van der Waals surface area contributed by atoms with E-state index in [1.807, 2.05) is 36.9 Å². The summed E-state index contributed by atoms with van der Waals surface area (Å²) in [7, 11) is 2.07. The second kappa shape index (κ2) is 5.61. The fourth-order valence-electron chi connectivity index (χ4n) is 2.42. The van der Waals surface area contributed by atoms with Crippen molar-refractivity contribution in [3.8, 4) is 0 Å². The quantitative estimate of drug-likeness (QED) is 0.884. The summed E-state index contributed by atoms with van der Waals surface area (Å²) in [6, 6.07) is 7.95. The summed E-state index contributed by atoms with van der Waals surface area (Å²) >= 11 is 0. The van der Waals surface area contributed by atoms with E-state index in [-0.39, 0.29) is 17.9 Å². The molecule has 0 radical (unpaired) electrons. The number of nitrogens with two attached hydrogens (primary N) is 1. The second-order valence-electron chi connectivity index (χ2n) is 5.40. The lowest BCUT2D eigenvalue weighted by atomic mass is 10.0. The van der Waals surface area contributed by atoms with E-state index < -0.39 is 0 Å². The number of fused-ring (bicyclic) bond motifs is 1. The Labute approximate surface area is 115 Å². The van der Waals surface area contributed by atoms with E-state index >= 15 is 0 Å². The van der Waals surface area contributed by atoms with Crippen LogP contribution < -0.4 is 15.5 Å². The smallest absolute Gasteiger partial charge is 0.231 e. The molecule has 0 bridgehead atoms. The van der Waals surface area contributed by atoms with Gasteiger partial charge in [-0.25, -0.2) is 0 Å². The van der Waals surface area contributed by atoms with E-state index in [4.69, 9.17) is 5.73 Å². The van der Waals surface area contributed by atoms with Crippen LogP contribution >= 0.6 is 0 Å². The molecule has 1 aromatic carbocycles. The molecule has 0 spiro atoms. The number of hydrogen-bond acceptors (Lipinski definition) is 3. The maximum absolute atomic E-state index is 12.6. The molecule has 2 N–H and O–H groups in total. The fourth-order valence-corrected chi connectivity index (χ4v) is 2.42. The molecule has 0 fully saturated rings. The van der Waals surface area contributed by atoms with E-state index in [1.165, 1.54) is 0 Å². The van der Waals surface area contributed by atoms with Crippen molar-refractivity contribution in [2.75, 3.05) is 29.9 Å². The van der Waals surface area contributed by atoms with Crippen molar-refractivity contribution < 1.29 is 4.79 Å². The van der Waals surface area contributed by atoms with E-state index in [1.54, 1.807) is 0 Å². The zero-order valence-corrected chi connectivity index (χ0v) is 12.0. The Morgan fingerprint density at radius 3 is 2.47 bits per heavy atom. The molecule has 4 nitrogen and oxygen atoms in total. The van der Waals surface area contributed by atoms with Crippen LogP contribution in [0.1, 0.15) is 20.3 Å². The van der Waals surface area contributed by atoms with Gasteiger partial charge in [-0.3, -0.25) is 4.79 Å². The normalized spacial score (nSPS) is 18.5. The zero-order chi connectivity index (χ0) is 14.0. The van der Waals surface area contributed by atoms with Crippen molar-refractivity contribution in [1.82, 2.24) is 0 Å². The predicted octanol–water partition coefficient (Wildman–Crippen LogP) is 1.84. The lowest BCUT2D eigenvalue weighted by Gasteiger charge is -2.28. The molecule has 0 saturated heterocycles. The maximum atomic E-state index is 12.6. The molecule has 1 aliphatic heterocycles. The number of carbonyl (C=O) groups excluding carboxylic acids is 1. The number of amides is 1. The highest BCUT2D eigenvalue weighted by Crippen LogP contribution is 2.32. The average Bonchev–Trinajstić information content (AvgIpc) is 2.57. The first-order valence-electron chi connectivity index (χ1n) is 6.89. The van der Waals surface area contributed by atoms with Gasteiger partial charge in [0.1, 0.15) is 0 Å². The van der Waals surface area contributed by atoms with Gasteiger partial charge in [-0.05, 0) is 25.5 Å². The van der Waals surface area contributed by atoms with Crippen LogP contribution in [0.3, 0.4) is 0 Å². The molecule has 2 rings (SSSR count). The van der Waals surface area contributed by atoms with Crippen molar-refractivity contribution >= 4 is 17.3 Å². The lowest BCUT2D eigenvalue weighted by molar-refractivity contribution is -0.122. The second-order valence-corrected chi connectivity index (χ2v) is 5.40. The monoisotopic (exact) mass is 261 g/mol. The van der Waals surface area contributed by atoms with Gasteiger partial charge in [0.2, 0.25) is 5.91 Å². The van der Waals surface area contributed by atoms with E-state index in [2.05, 4.69) is 18.0 Å². The minimum absolute atomic E-state index is 0.123. The molecule has 1 aromatic rings. The lowest BCUT2D eigenvalue weighted by Crippen LogP contribution is -2.42. The molecule has 104 valence electrons. The Kier molecular flexibility index (Phi) is 4.10. The summed E-state index contributed by atoms with van der Waals surface area (Å²) in [6.07, 6.45) is 0.975. The van der Waals surface area contributed by atoms with Crippen LogP contribution in [0, 0.1) is 5.92 Å². The highest BCUT2D eigenvalue weighted by molar-refractivity contribution is 5.98. The minimum atomic E-state index is -0.156. The summed E-state index contributed by atoms with van der Waals surface area (Å²) in [5.41, 5.74) is 7.99. The summed E-state index contributed by atoms with van der Waals surface area (Å²) in [5, 5.41) is 0. The van der Waals surface area contributed by atoms with Gasteiger partial charge in [-0.1, -0.05) is 19.1 Å². The molecule has 1 heterocycles. The first kappa shape index (κ1) is 13.9. The van der Waals surface area contributed by atoms with Gasteiger partial charge < -0.3 is 15.5 Å². The number of anilines is 2. The third-order valence-corrected chi connectivity index (χ3v) is 3.90. The third kappa shape index (κ3) is 2.73. The average molecular weight is 261 g/mol. The summed E-state index contributed by atoms with van der Waals surface area (Å²) in [4.78, 5) is 16.7. The SMILES string of the molecule is CC(N)C(C)C(=O)N1CCCN(C)c2ccccc21. The van der Waals surface area contributed by atoms with Crippen molar-refractivity contribution in [2.24, 2.45) is 11.7 Å². The Bertz CT molecular complexity index is 458. The molecule has 1 amide bonds. The van der Waals surface area contributed by atoms with Crippen LogP contribution in [0.25, 0.3) is 0 Å². The first-order chi connectivity index (χ1) is 9.02. The van der Waals surface area contributed by atoms with Gasteiger partial charge in [0.05, 0.1) is 17.3 Å². The van der Waals surface area contributed by atoms with E-state index in [0.29, 0.717) is 0 Å². The Balaban J connectivity index is 2.36. The van der Waals surface area contributed by atoms with Gasteiger partial charge in [-0.15, -0.1) is 0 Å². The Hall–Kier alpha value is -1.55. The molecule has 0 aliphatic carbocycles. The van der Waals surface area contributed by atoms with Crippen molar-refractivity contribution in [3.05, 3.63) is 24.3 Å². The first-order valence-corrected chi connectivity index (χ1v) is 6.89. The highest BCUT2D eigenvalue weighted by atomic mass is 16.2. The van der Waals surface area contributed by atoms with Crippen LogP contribution in [0.15, 0.2) is 24.3 Å². The van der Waals surface area contributed by atoms with Gasteiger partial charge in [0.25, 0.3) is 0 Å². The van der Waals surface area contributed by atoms with Gasteiger partial charge >= 0.3 is 0 Å². The zero-order valence-electron chi connectivity index (χ0n) is 12.0. The third-order valence-electron chi connectivity index (χ3n) is 3.90. The summed E-state index contributed by atoms with van der Waals surface area (Å²) < 4.78 is 0. The molecule has 4 heteroatoms. The van der Waals surface area contributed by atoms with Crippen molar-refractivity contribution in [2.45, 2.75) is 26.3 Å². The molecular weight excluding hydrogens is 238 g/mol. The fraction of sp³-hybridized carbons (Fsp3) is 0.533. The van der Waals surface area contributed by atoms with Gasteiger partial charge in [0, 0.05) is 26.2 Å². The maximum Gasteiger partial charge on any atom is 0.231 e. The van der Waals surface area contributed by atoms with E-state index in [9.17, 15) is 4.79 Å². The summed E-state index contributed by atoms with van der Waals surface area (Å²) in [6.45, 7) is 5.52. The molecule has 2 atom stereocenters. The molecule has 0 saturated carbocycles. The van der Waals surface area contributed by atoms with Gasteiger partial charge in [-0.2, -0.15) is 0 Å². The molecule has 19 heavy (non-hydrogen) atoms. The predicted molar refractivity (Wildman–Crippen MR) is 79.5 cm³/mol. The standard InChI is InChI=1S/C15H23N3O/c1-11(12(2)16)15(19)18-10-6-9-17(3)13-7-4-5-8-14(13)18/h4-5,7-8,11-12H,6,9-10,16H2,1-3H3. The molecule has 1 aliphatic rings. The van der Waals surface area contributed by atoms with Crippen LogP contribution in [-0.4, -0.2) is 32.1 Å². The minimum Gasteiger partial charge on any atom is -0.373 e. The molecule has 2 unspecified atom stereocenters. The Morgan fingerprint density at radius 2 is 1.84 bits per heavy atom. The number of benzene rings is 1. The summed E-state index contributed by atoms with van der Waals surface area (Å²) in [5.74, 6) is -0.0331. The number of hydrogen-bond donors (Lipinski definition) is 1. The van der Waals surface area contributed by atoms with Crippen molar-refractivity contribution in [3.63, 3.8) is 0 Å². The van der Waals surface area contributed by atoms with E-state index in [0.717, 1.165) is 30.9 Å². The van der Waals surface area contributed by atoms with Crippen LogP contribution in [-0.2, 0) is 4.79 Å². The number of nitrogens with zero attached hydrogens (tertiary/aromatic N) is 2. The Morgan fingerprint density at radius 1 is 1.21 bits per heavy atom.